The normalized spacial score (nSPS) is 13.5. The molecule has 1 saturated carbocycles. The molecule has 0 atom stereocenters. The molecule has 1 aromatic heterocycles. The molecule has 2 N–H and O–H groups in total. The molecule has 106 valence electrons. The third kappa shape index (κ3) is 3.61. The van der Waals surface area contributed by atoms with Crippen LogP contribution in [0.1, 0.15) is 22.6 Å². The van der Waals surface area contributed by atoms with Crippen molar-refractivity contribution in [3.8, 4) is 6.07 Å². The molecule has 0 unspecified atom stereocenters. The van der Waals surface area contributed by atoms with Gasteiger partial charge in [-0.15, -0.1) is 11.3 Å². The van der Waals surface area contributed by atoms with Crippen LogP contribution in [0.4, 0.5) is 11.4 Å². The van der Waals surface area contributed by atoms with E-state index < -0.39 is 0 Å². The van der Waals surface area contributed by atoms with E-state index in [9.17, 15) is 4.79 Å². The summed E-state index contributed by atoms with van der Waals surface area (Å²) < 4.78 is 0. The Labute approximate surface area is 127 Å². The van der Waals surface area contributed by atoms with Gasteiger partial charge < -0.3 is 10.6 Å². The van der Waals surface area contributed by atoms with Gasteiger partial charge in [-0.1, -0.05) is 0 Å². The van der Waals surface area contributed by atoms with E-state index in [4.69, 9.17) is 5.26 Å². The van der Waals surface area contributed by atoms with E-state index in [1.165, 1.54) is 11.3 Å². The Morgan fingerprint density at radius 2 is 1.90 bits per heavy atom. The zero-order valence-electron chi connectivity index (χ0n) is 11.4. The molecular formula is C16H15N3OS. The summed E-state index contributed by atoms with van der Waals surface area (Å²) in [5.41, 5.74) is 1.83. The summed E-state index contributed by atoms with van der Waals surface area (Å²) in [7, 11) is 0. The molecule has 1 amide bonds. The number of rotatable bonds is 5. The molecule has 1 aliphatic carbocycles. The Kier molecular flexibility index (Phi) is 3.89. The van der Waals surface area contributed by atoms with Gasteiger partial charge in [0, 0.05) is 28.7 Å². The largest absolute Gasteiger partial charge is 0.380 e. The van der Waals surface area contributed by atoms with Crippen molar-refractivity contribution in [1.82, 2.24) is 0 Å². The summed E-state index contributed by atoms with van der Waals surface area (Å²) in [5.74, 6) is 0.342. The van der Waals surface area contributed by atoms with E-state index in [0.29, 0.717) is 6.54 Å². The quantitative estimate of drug-likeness (QED) is 0.886. The van der Waals surface area contributed by atoms with Gasteiger partial charge in [-0.3, -0.25) is 4.79 Å². The zero-order valence-corrected chi connectivity index (χ0v) is 12.2. The van der Waals surface area contributed by atoms with E-state index in [-0.39, 0.29) is 11.8 Å². The van der Waals surface area contributed by atoms with Crippen LogP contribution in [-0.2, 0) is 11.3 Å². The fourth-order valence-corrected chi connectivity index (χ4v) is 2.73. The highest BCUT2D eigenvalue weighted by atomic mass is 32.1. The van der Waals surface area contributed by atoms with Gasteiger partial charge in [0.05, 0.1) is 0 Å². The predicted octanol–water partition coefficient (Wildman–Crippen LogP) is 3.58. The first kappa shape index (κ1) is 13.7. The fourth-order valence-electron chi connectivity index (χ4n) is 1.98. The minimum absolute atomic E-state index is 0.123. The molecule has 1 aromatic carbocycles. The Morgan fingerprint density at radius 1 is 1.19 bits per heavy atom. The molecule has 5 heteroatoms. The minimum Gasteiger partial charge on any atom is -0.380 e. The van der Waals surface area contributed by atoms with Crippen molar-refractivity contribution in [3.63, 3.8) is 0 Å². The highest BCUT2D eigenvalue weighted by molar-refractivity contribution is 7.12. The van der Waals surface area contributed by atoms with Crippen molar-refractivity contribution < 1.29 is 4.79 Å². The molecule has 4 nitrogen and oxygen atoms in total. The van der Waals surface area contributed by atoms with Gasteiger partial charge in [0.1, 0.15) is 10.9 Å². The number of thiophene rings is 1. The second-order valence-electron chi connectivity index (χ2n) is 5.07. The van der Waals surface area contributed by atoms with Crippen molar-refractivity contribution in [2.24, 2.45) is 5.92 Å². The average Bonchev–Trinajstić information content (AvgIpc) is 3.26. The number of carbonyl (C=O) groups is 1. The lowest BCUT2D eigenvalue weighted by Crippen LogP contribution is -2.13. The van der Waals surface area contributed by atoms with Gasteiger partial charge in [0.25, 0.3) is 0 Å². The maximum atomic E-state index is 11.6. The number of hydrogen-bond acceptors (Lipinski definition) is 4. The lowest BCUT2D eigenvalue weighted by molar-refractivity contribution is -0.117. The number of benzene rings is 1. The molecule has 1 fully saturated rings. The zero-order chi connectivity index (χ0) is 14.7. The van der Waals surface area contributed by atoms with Crippen LogP contribution in [0.5, 0.6) is 0 Å². The number of carbonyl (C=O) groups excluding carboxylic acids is 1. The van der Waals surface area contributed by atoms with Crippen LogP contribution < -0.4 is 10.6 Å². The molecule has 0 bridgehead atoms. The van der Waals surface area contributed by atoms with Crippen molar-refractivity contribution in [1.29, 1.82) is 5.26 Å². The van der Waals surface area contributed by atoms with Crippen LogP contribution in [0.25, 0.3) is 0 Å². The second-order valence-corrected chi connectivity index (χ2v) is 6.24. The van der Waals surface area contributed by atoms with Gasteiger partial charge in [-0.05, 0) is 49.2 Å². The third-order valence-corrected chi connectivity index (χ3v) is 4.33. The van der Waals surface area contributed by atoms with Crippen LogP contribution in [0.15, 0.2) is 36.4 Å². The maximum absolute atomic E-state index is 11.6. The lowest BCUT2D eigenvalue weighted by atomic mass is 10.2. The number of nitrogens with one attached hydrogen (secondary N) is 2. The first-order chi connectivity index (χ1) is 10.2. The van der Waals surface area contributed by atoms with E-state index in [1.807, 2.05) is 36.4 Å². The van der Waals surface area contributed by atoms with Crippen LogP contribution in [0.3, 0.4) is 0 Å². The summed E-state index contributed by atoms with van der Waals surface area (Å²) in [4.78, 5) is 13.5. The number of hydrogen-bond donors (Lipinski definition) is 2. The highest BCUT2D eigenvalue weighted by Crippen LogP contribution is 2.30. The van der Waals surface area contributed by atoms with Gasteiger partial charge in [0.2, 0.25) is 5.91 Å². The summed E-state index contributed by atoms with van der Waals surface area (Å²) in [6, 6.07) is 13.6. The smallest absolute Gasteiger partial charge is 0.227 e. The second kappa shape index (κ2) is 5.98. The van der Waals surface area contributed by atoms with Gasteiger partial charge in [-0.25, -0.2) is 0 Å². The van der Waals surface area contributed by atoms with E-state index in [2.05, 4.69) is 16.7 Å². The van der Waals surface area contributed by atoms with E-state index >= 15 is 0 Å². The molecule has 0 spiro atoms. The Bertz CT molecular complexity index is 680. The monoisotopic (exact) mass is 297 g/mol. The number of amides is 1. The summed E-state index contributed by atoms with van der Waals surface area (Å²) in [6.07, 6.45) is 2.02. The molecule has 21 heavy (non-hydrogen) atoms. The highest BCUT2D eigenvalue weighted by Gasteiger charge is 2.29. The molecular weight excluding hydrogens is 282 g/mol. The lowest BCUT2D eigenvalue weighted by Gasteiger charge is -2.07. The molecule has 0 radical (unpaired) electrons. The topological polar surface area (TPSA) is 64.9 Å². The average molecular weight is 297 g/mol. The molecule has 1 heterocycles. The Morgan fingerprint density at radius 3 is 2.52 bits per heavy atom. The van der Waals surface area contributed by atoms with Crippen LogP contribution in [-0.4, -0.2) is 5.91 Å². The van der Waals surface area contributed by atoms with Gasteiger partial charge in [-0.2, -0.15) is 5.26 Å². The molecule has 0 saturated heterocycles. The van der Waals surface area contributed by atoms with Crippen molar-refractivity contribution in [2.45, 2.75) is 19.4 Å². The number of nitriles is 1. The van der Waals surface area contributed by atoms with E-state index in [0.717, 1.165) is 34.0 Å². The van der Waals surface area contributed by atoms with Crippen molar-refractivity contribution >= 4 is 28.6 Å². The summed E-state index contributed by atoms with van der Waals surface area (Å²) in [6.45, 7) is 0.695. The molecule has 0 aliphatic heterocycles. The fraction of sp³-hybridized carbons (Fsp3) is 0.250. The number of nitrogens with zero attached hydrogens (tertiary/aromatic N) is 1. The first-order valence-corrected chi connectivity index (χ1v) is 7.70. The molecule has 2 aromatic rings. The molecule has 1 aliphatic rings. The summed E-state index contributed by atoms with van der Waals surface area (Å²) >= 11 is 1.49. The van der Waals surface area contributed by atoms with Crippen molar-refractivity contribution in [3.05, 3.63) is 46.2 Å². The third-order valence-electron chi connectivity index (χ3n) is 3.34. The van der Waals surface area contributed by atoms with Gasteiger partial charge in [0.15, 0.2) is 0 Å². The van der Waals surface area contributed by atoms with Crippen molar-refractivity contribution in [2.75, 3.05) is 10.6 Å². The Balaban J connectivity index is 1.54. The maximum Gasteiger partial charge on any atom is 0.227 e. The van der Waals surface area contributed by atoms with Crippen LogP contribution in [0, 0.1) is 17.2 Å². The summed E-state index contributed by atoms with van der Waals surface area (Å²) in [5, 5.41) is 15.0. The SMILES string of the molecule is N#Cc1ccc(CNc2ccc(NC(=O)C3CC3)cc2)s1. The van der Waals surface area contributed by atoms with Gasteiger partial charge >= 0.3 is 0 Å². The predicted molar refractivity (Wildman–Crippen MR) is 84.2 cm³/mol. The van der Waals surface area contributed by atoms with E-state index in [1.54, 1.807) is 0 Å². The minimum atomic E-state index is 0.123. The first-order valence-electron chi connectivity index (χ1n) is 6.88. The Hall–Kier alpha value is -2.32. The molecule has 3 rings (SSSR count). The van der Waals surface area contributed by atoms with Crippen LogP contribution in [0.2, 0.25) is 0 Å². The number of anilines is 2. The standard InChI is InChI=1S/C16H15N3OS/c17-9-14-7-8-15(21-14)10-18-12-3-5-13(6-4-12)19-16(20)11-1-2-11/h3-8,11,18H,1-2,10H2,(H,19,20). The van der Waals surface area contributed by atoms with Crippen LogP contribution >= 0.6 is 11.3 Å².